The van der Waals surface area contributed by atoms with Crippen LogP contribution in [0.4, 0.5) is 0 Å². The molecule has 122 valence electrons. The highest BCUT2D eigenvalue weighted by Crippen LogP contribution is 2.29. The van der Waals surface area contributed by atoms with Crippen LogP contribution in [0.25, 0.3) is 0 Å². The lowest BCUT2D eigenvalue weighted by Gasteiger charge is -2.48. The van der Waals surface area contributed by atoms with Crippen molar-refractivity contribution in [3.05, 3.63) is 11.9 Å². The van der Waals surface area contributed by atoms with E-state index in [1.165, 1.54) is 0 Å². The molecule has 0 bridgehead atoms. The average molecular weight is 295 g/mol. The molecule has 1 heterocycles. The molecule has 0 saturated carbocycles. The molecule has 0 aliphatic heterocycles. The first kappa shape index (κ1) is 18.1. The maximum absolute atomic E-state index is 4.29. The largest absolute Gasteiger partial charge is 0.312 e. The quantitative estimate of drug-likeness (QED) is 0.719. The molecule has 1 atom stereocenters. The Balaban J connectivity index is 3.06. The lowest BCUT2D eigenvalue weighted by molar-refractivity contribution is 0.0494. The van der Waals surface area contributed by atoms with Crippen molar-refractivity contribution in [1.29, 1.82) is 0 Å². The number of aromatic nitrogens is 3. The molecule has 0 aromatic carbocycles. The molecule has 0 spiro atoms. The van der Waals surface area contributed by atoms with Crippen LogP contribution in [0.1, 0.15) is 53.2 Å². The maximum Gasteiger partial charge on any atom is 0.0843 e. The first-order valence-corrected chi connectivity index (χ1v) is 8.41. The summed E-state index contributed by atoms with van der Waals surface area (Å²) in [5, 5.41) is 12.1. The minimum Gasteiger partial charge on any atom is -0.312 e. The maximum atomic E-state index is 4.29. The molecule has 5 nitrogen and oxygen atoms in total. The molecule has 0 aliphatic rings. The van der Waals surface area contributed by atoms with E-state index in [1.807, 2.05) is 13.2 Å². The fourth-order valence-corrected chi connectivity index (χ4v) is 3.66. The molecule has 1 rings (SSSR count). The van der Waals surface area contributed by atoms with Gasteiger partial charge in [-0.15, -0.1) is 5.10 Å². The van der Waals surface area contributed by atoms with Gasteiger partial charge in [0.2, 0.25) is 0 Å². The van der Waals surface area contributed by atoms with Crippen LogP contribution in [-0.2, 0) is 13.5 Å². The van der Waals surface area contributed by atoms with Crippen LogP contribution in [0.5, 0.6) is 0 Å². The third-order valence-corrected chi connectivity index (χ3v) is 4.78. The molecule has 5 heteroatoms. The molecular formula is C16H33N5. The summed E-state index contributed by atoms with van der Waals surface area (Å²) in [6.45, 7) is 14.5. The van der Waals surface area contributed by atoms with E-state index in [2.05, 4.69) is 55.1 Å². The van der Waals surface area contributed by atoms with Gasteiger partial charge in [-0.3, -0.25) is 9.58 Å². The Hall–Kier alpha value is -0.940. The molecule has 1 aromatic rings. The summed E-state index contributed by atoms with van der Waals surface area (Å²) in [7, 11) is 1.93. The van der Waals surface area contributed by atoms with Crippen LogP contribution in [-0.4, -0.2) is 51.1 Å². The third kappa shape index (κ3) is 4.04. The van der Waals surface area contributed by atoms with Crippen molar-refractivity contribution in [1.82, 2.24) is 25.2 Å². The van der Waals surface area contributed by atoms with E-state index in [1.54, 1.807) is 4.68 Å². The molecule has 0 radical (unpaired) electrons. The highest BCUT2D eigenvalue weighted by atomic mass is 15.4. The van der Waals surface area contributed by atoms with Gasteiger partial charge in [0.1, 0.15) is 0 Å². The topological polar surface area (TPSA) is 46.0 Å². The molecular weight excluding hydrogens is 262 g/mol. The van der Waals surface area contributed by atoms with Gasteiger partial charge >= 0.3 is 0 Å². The zero-order chi connectivity index (χ0) is 15.9. The van der Waals surface area contributed by atoms with E-state index in [9.17, 15) is 0 Å². The van der Waals surface area contributed by atoms with Crippen molar-refractivity contribution in [3.8, 4) is 0 Å². The Labute approximate surface area is 130 Å². The lowest BCUT2D eigenvalue weighted by atomic mass is 9.80. The van der Waals surface area contributed by atoms with Gasteiger partial charge in [0, 0.05) is 31.2 Å². The summed E-state index contributed by atoms with van der Waals surface area (Å²) in [5.41, 5.74) is 1.25. The van der Waals surface area contributed by atoms with E-state index in [0.717, 1.165) is 44.6 Å². The van der Waals surface area contributed by atoms with Crippen molar-refractivity contribution >= 4 is 0 Å². The van der Waals surface area contributed by atoms with Gasteiger partial charge in [0.05, 0.1) is 5.69 Å². The van der Waals surface area contributed by atoms with Gasteiger partial charge in [0.25, 0.3) is 0 Å². The average Bonchev–Trinajstić information content (AvgIpc) is 2.90. The minimum absolute atomic E-state index is 0.178. The number of nitrogens with zero attached hydrogens (tertiary/aromatic N) is 4. The second-order valence-electron chi connectivity index (χ2n) is 5.68. The second-order valence-corrected chi connectivity index (χ2v) is 5.68. The number of likely N-dealkylation sites (N-methyl/N-ethyl adjacent to an activating group) is 2. The van der Waals surface area contributed by atoms with Crippen molar-refractivity contribution < 1.29 is 0 Å². The number of hydrogen-bond donors (Lipinski definition) is 1. The van der Waals surface area contributed by atoms with Crippen LogP contribution in [0.15, 0.2) is 6.20 Å². The van der Waals surface area contributed by atoms with Gasteiger partial charge in [-0.05, 0) is 32.5 Å². The van der Waals surface area contributed by atoms with Gasteiger partial charge in [0.15, 0.2) is 0 Å². The highest BCUT2D eigenvalue weighted by molar-refractivity contribution is 5.06. The van der Waals surface area contributed by atoms with Crippen LogP contribution >= 0.6 is 0 Å². The fourth-order valence-electron chi connectivity index (χ4n) is 3.66. The van der Waals surface area contributed by atoms with Gasteiger partial charge in [-0.25, -0.2) is 0 Å². The third-order valence-electron chi connectivity index (χ3n) is 4.78. The summed E-state index contributed by atoms with van der Waals surface area (Å²) >= 11 is 0. The summed E-state index contributed by atoms with van der Waals surface area (Å²) in [6, 6.07) is 0.397. The molecule has 1 aromatic heterocycles. The zero-order valence-corrected chi connectivity index (χ0v) is 14.7. The summed E-state index contributed by atoms with van der Waals surface area (Å²) < 4.78 is 1.79. The monoisotopic (exact) mass is 295 g/mol. The first-order chi connectivity index (χ1) is 10.1. The Morgan fingerprint density at radius 3 is 2.19 bits per heavy atom. The standard InChI is InChI=1S/C16H33N5/c1-7-16(8-2,21(10-4)11-5)15(17-9-3)12-14-13-20(6)19-18-14/h13,15,17H,7-12H2,1-6H3. The lowest BCUT2D eigenvalue weighted by Crippen LogP contribution is -2.61. The Morgan fingerprint density at radius 1 is 1.19 bits per heavy atom. The Morgan fingerprint density at radius 2 is 1.81 bits per heavy atom. The number of rotatable bonds is 10. The predicted molar refractivity (Wildman–Crippen MR) is 88.4 cm³/mol. The second kappa shape index (κ2) is 8.49. The zero-order valence-electron chi connectivity index (χ0n) is 14.7. The van der Waals surface area contributed by atoms with E-state index in [-0.39, 0.29) is 5.54 Å². The molecule has 0 aliphatic carbocycles. The molecule has 1 N–H and O–H groups in total. The minimum atomic E-state index is 0.178. The summed E-state index contributed by atoms with van der Waals surface area (Å²) in [6.07, 6.45) is 5.24. The Bertz CT molecular complexity index is 393. The first-order valence-electron chi connectivity index (χ1n) is 8.41. The number of hydrogen-bond acceptors (Lipinski definition) is 4. The van der Waals surface area contributed by atoms with Crippen molar-refractivity contribution in [2.24, 2.45) is 7.05 Å². The van der Waals surface area contributed by atoms with Crippen LogP contribution < -0.4 is 5.32 Å². The smallest absolute Gasteiger partial charge is 0.0843 e. The fraction of sp³-hybridized carbons (Fsp3) is 0.875. The number of nitrogens with one attached hydrogen (secondary N) is 1. The SMILES string of the molecule is CCNC(Cc1cn(C)nn1)C(CC)(CC)N(CC)CC. The van der Waals surface area contributed by atoms with Gasteiger partial charge in [-0.1, -0.05) is 39.8 Å². The van der Waals surface area contributed by atoms with Crippen LogP contribution in [0.3, 0.4) is 0 Å². The Kier molecular flexibility index (Phi) is 7.32. The van der Waals surface area contributed by atoms with Gasteiger partial charge < -0.3 is 5.32 Å². The normalized spacial score (nSPS) is 13.9. The van der Waals surface area contributed by atoms with Gasteiger partial charge in [-0.2, -0.15) is 0 Å². The molecule has 1 unspecified atom stereocenters. The number of aryl methyl sites for hydroxylation is 1. The van der Waals surface area contributed by atoms with E-state index < -0.39 is 0 Å². The highest BCUT2D eigenvalue weighted by Gasteiger charge is 2.39. The van der Waals surface area contributed by atoms with Crippen LogP contribution in [0.2, 0.25) is 0 Å². The summed E-state index contributed by atoms with van der Waals surface area (Å²) in [5.74, 6) is 0. The predicted octanol–water partition coefficient (Wildman–Crippen LogP) is 2.24. The summed E-state index contributed by atoms with van der Waals surface area (Å²) in [4.78, 5) is 2.61. The van der Waals surface area contributed by atoms with Crippen LogP contribution in [0, 0.1) is 0 Å². The van der Waals surface area contributed by atoms with E-state index in [0.29, 0.717) is 6.04 Å². The van der Waals surface area contributed by atoms with Crippen molar-refractivity contribution in [2.45, 2.75) is 65.5 Å². The molecule has 0 saturated heterocycles. The van der Waals surface area contributed by atoms with Crippen molar-refractivity contribution in [3.63, 3.8) is 0 Å². The van der Waals surface area contributed by atoms with Crippen molar-refractivity contribution in [2.75, 3.05) is 19.6 Å². The molecule has 0 amide bonds. The van der Waals surface area contributed by atoms with E-state index in [4.69, 9.17) is 0 Å². The van der Waals surface area contributed by atoms with E-state index >= 15 is 0 Å². The molecule has 0 fully saturated rings. The molecule has 21 heavy (non-hydrogen) atoms.